The lowest BCUT2D eigenvalue weighted by Crippen LogP contribution is -2.29. The minimum atomic E-state index is -0.850. The van der Waals surface area contributed by atoms with Crippen LogP contribution in [0.5, 0.6) is 0 Å². The van der Waals surface area contributed by atoms with Crippen molar-refractivity contribution in [3.8, 4) is 0 Å². The number of carboxylic acids is 1. The molecule has 2 aromatic rings. The highest BCUT2D eigenvalue weighted by Gasteiger charge is 2.15. The standard InChI is InChI=1S/C19H17ClO2S/c1-12-6-7-14(17(20)10-12)11-13-8-9-23-18(19(21)22)16-5-3-2-4-15(13)16/h2-7,10H,8-9,11H2,1H3,(H,21,22). The Morgan fingerprint density at radius 2 is 1.96 bits per heavy atom. The minimum absolute atomic E-state index is 0.436. The van der Waals surface area contributed by atoms with Crippen LogP contribution in [0.15, 0.2) is 42.5 Å². The summed E-state index contributed by atoms with van der Waals surface area (Å²) in [5.74, 6) is -0.0770. The second-order valence-electron chi connectivity index (χ2n) is 5.65. The molecule has 1 heterocycles. The monoisotopic (exact) mass is 344 g/mol. The average Bonchev–Trinajstić information content (AvgIpc) is 2.70. The molecule has 0 bridgehead atoms. The number of hydrogen-bond donors (Lipinski definition) is 1. The number of thioether (sulfide) groups is 1. The topological polar surface area (TPSA) is 37.3 Å². The van der Waals surface area contributed by atoms with Crippen molar-refractivity contribution < 1.29 is 9.90 Å². The molecule has 1 aliphatic rings. The SMILES string of the molecule is Cc1ccc(CC2=c3ccccc3=C(C(=O)O)SCC2)c(Cl)c1. The summed E-state index contributed by atoms with van der Waals surface area (Å²) in [6.07, 6.45) is 1.62. The average molecular weight is 345 g/mol. The van der Waals surface area contributed by atoms with Crippen molar-refractivity contribution in [2.75, 3.05) is 5.75 Å². The van der Waals surface area contributed by atoms with Gasteiger partial charge in [0.25, 0.3) is 0 Å². The van der Waals surface area contributed by atoms with E-state index in [2.05, 4.69) is 12.1 Å². The fraction of sp³-hybridized carbons (Fsp3) is 0.211. The molecule has 0 radical (unpaired) electrons. The molecule has 0 amide bonds. The highest BCUT2D eigenvalue weighted by Crippen LogP contribution is 2.25. The third-order valence-corrected chi connectivity index (χ3v) is 5.45. The Bertz CT molecular complexity index is 886. The summed E-state index contributed by atoms with van der Waals surface area (Å²) in [7, 11) is 0. The van der Waals surface area contributed by atoms with Gasteiger partial charge < -0.3 is 5.11 Å². The molecule has 2 nitrogen and oxygen atoms in total. The second-order valence-corrected chi connectivity index (χ2v) is 7.17. The molecular formula is C19H17ClO2S. The van der Waals surface area contributed by atoms with Gasteiger partial charge >= 0.3 is 5.97 Å². The molecule has 1 aliphatic heterocycles. The molecule has 4 heteroatoms. The summed E-state index contributed by atoms with van der Waals surface area (Å²) in [5, 5.41) is 12.1. The first-order chi connectivity index (χ1) is 11.1. The minimum Gasteiger partial charge on any atom is -0.477 e. The van der Waals surface area contributed by atoms with Crippen LogP contribution in [-0.4, -0.2) is 16.8 Å². The zero-order valence-corrected chi connectivity index (χ0v) is 14.4. The van der Waals surface area contributed by atoms with E-state index in [9.17, 15) is 9.90 Å². The first-order valence-corrected chi connectivity index (χ1v) is 8.85. The van der Waals surface area contributed by atoms with Crippen LogP contribution in [0.3, 0.4) is 0 Å². The largest absolute Gasteiger partial charge is 0.477 e. The quantitative estimate of drug-likeness (QED) is 0.927. The van der Waals surface area contributed by atoms with Crippen molar-refractivity contribution in [2.45, 2.75) is 19.8 Å². The summed E-state index contributed by atoms with van der Waals surface area (Å²) in [5.41, 5.74) is 3.48. The van der Waals surface area contributed by atoms with E-state index in [4.69, 9.17) is 11.6 Å². The van der Waals surface area contributed by atoms with Crippen LogP contribution in [-0.2, 0) is 11.2 Å². The number of carboxylic acid groups (broad SMARTS) is 1. The fourth-order valence-electron chi connectivity index (χ4n) is 2.86. The number of fused-ring (bicyclic) bond motifs is 1. The maximum absolute atomic E-state index is 11.5. The molecule has 3 rings (SSSR count). The molecule has 0 saturated carbocycles. The van der Waals surface area contributed by atoms with E-state index in [0.29, 0.717) is 4.91 Å². The summed E-state index contributed by atoms with van der Waals surface area (Å²) in [4.78, 5) is 12.0. The molecule has 0 fully saturated rings. The Labute approximate surface area is 144 Å². The predicted octanol–water partition coefficient (Wildman–Crippen LogP) is 3.37. The number of carbonyl (C=O) groups is 1. The summed E-state index contributed by atoms with van der Waals surface area (Å²) in [6.45, 7) is 2.02. The Kier molecular flexibility index (Phi) is 4.79. The lowest BCUT2D eigenvalue weighted by molar-refractivity contribution is -0.130. The summed E-state index contributed by atoms with van der Waals surface area (Å²) < 4.78 is 0. The molecule has 0 unspecified atom stereocenters. The van der Waals surface area contributed by atoms with Gasteiger partial charge in [-0.15, -0.1) is 11.8 Å². The van der Waals surface area contributed by atoms with E-state index >= 15 is 0 Å². The van der Waals surface area contributed by atoms with Gasteiger partial charge in [0.05, 0.1) is 0 Å². The van der Waals surface area contributed by atoms with Gasteiger partial charge in [-0.05, 0) is 42.2 Å². The Morgan fingerprint density at radius 3 is 2.65 bits per heavy atom. The Hall–Kier alpha value is -1.71. The maximum atomic E-state index is 11.5. The normalized spacial score (nSPS) is 14.3. The van der Waals surface area contributed by atoms with Crippen molar-refractivity contribution in [3.05, 3.63) is 69.1 Å². The first-order valence-electron chi connectivity index (χ1n) is 7.49. The highest BCUT2D eigenvalue weighted by atomic mass is 35.5. The van der Waals surface area contributed by atoms with Crippen LogP contribution in [0.1, 0.15) is 17.5 Å². The lowest BCUT2D eigenvalue weighted by Gasteiger charge is -2.09. The molecule has 2 aromatic carbocycles. The molecule has 0 aliphatic carbocycles. The van der Waals surface area contributed by atoms with Gasteiger partial charge in [-0.25, -0.2) is 4.79 Å². The number of hydrogen-bond acceptors (Lipinski definition) is 2. The molecule has 23 heavy (non-hydrogen) atoms. The second kappa shape index (κ2) is 6.81. The van der Waals surface area contributed by atoms with E-state index < -0.39 is 5.97 Å². The fourth-order valence-corrected chi connectivity index (χ4v) is 4.18. The van der Waals surface area contributed by atoms with Gasteiger partial charge in [-0.1, -0.05) is 53.6 Å². The van der Waals surface area contributed by atoms with Gasteiger partial charge in [-0.3, -0.25) is 0 Å². The predicted molar refractivity (Wildman–Crippen MR) is 97.1 cm³/mol. The van der Waals surface area contributed by atoms with Gasteiger partial charge in [0.15, 0.2) is 0 Å². The van der Waals surface area contributed by atoms with Crippen LogP contribution < -0.4 is 10.4 Å². The lowest BCUT2D eigenvalue weighted by atomic mass is 9.98. The number of rotatable bonds is 3. The van der Waals surface area contributed by atoms with Crippen molar-refractivity contribution in [2.24, 2.45) is 0 Å². The smallest absolute Gasteiger partial charge is 0.342 e. The third-order valence-electron chi connectivity index (χ3n) is 4.01. The molecule has 0 aromatic heterocycles. The molecule has 1 N–H and O–H groups in total. The third kappa shape index (κ3) is 3.46. The van der Waals surface area contributed by atoms with E-state index in [0.717, 1.165) is 45.2 Å². The Morgan fingerprint density at radius 1 is 1.22 bits per heavy atom. The molecular weight excluding hydrogens is 328 g/mol. The van der Waals surface area contributed by atoms with Gasteiger partial charge in [0.1, 0.15) is 4.91 Å². The van der Waals surface area contributed by atoms with Crippen LogP contribution in [0.4, 0.5) is 0 Å². The van der Waals surface area contributed by atoms with E-state index in [1.807, 2.05) is 37.3 Å². The van der Waals surface area contributed by atoms with Gasteiger partial charge in [0.2, 0.25) is 0 Å². The zero-order chi connectivity index (χ0) is 16.4. The van der Waals surface area contributed by atoms with Crippen LogP contribution in [0.25, 0.3) is 10.5 Å². The molecule has 0 saturated heterocycles. The van der Waals surface area contributed by atoms with Crippen LogP contribution in [0, 0.1) is 6.92 Å². The number of aliphatic carboxylic acids is 1. The number of benzene rings is 2. The highest BCUT2D eigenvalue weighted by molar-refractivity contribution is 8.09. The van der Waals surface area contributed by atoms with Gasteiger partial charge in [-0.2, -0.15) is 0 Å². The Balaban J connectivity index is 2.19. The number of halogens is 1. The van der Waals surface area contributed by atoms with E-state index in [1.165, 1.54) is 17.3 Å². The zero-order valence-electron chi connectivity index (χ0n) is 12.8. The van der Waals surface area contributed by atoms with Crippen molar-refractivity contribution >= 4 is 39.8 Å². The molecule has 0 spiro atoms. The number of aryl methyl sites for hydroxylation is 1. The molecule has 0 atom stereocenters. The molecule has 118 valence electrons. The van der Waals surface area contributed by atoms with E-state index in [-0.39, 0.29) is 0 Å². The van der Waals surface area contributed by atoms with Crippen LogP contribution >= 0.6 is 23.4 Å². The summed E-state index contributed by atoms with van der Waals surface area (Å²) in [6, 6.07) is 13.9. The van der Waals surface area contributed by atoms with Crippen LogP contribution in [0.2, 0.25) is 5.02 Å². The van der Waals surface area contributed by atoms with Crippen molar-refractivity contribution in [3.63, 3.8) is 0 Å². The van der Waals surface area contributed by atoms with Gasteiger partial charge in [0, 0.05) is 16.0 Å². The van der Waals surface area contributed by atoms with Crippen molar-refractivity contribution in [1.29, 1.82) is 0 Å². The first kappa shape index (κ1) is 16.2. The summed E-state index contributed by atoms with van der Waals surface area (Å²) >= 11 is 7.80. The van der Waals surface area contributed by atoms with Crippen molar-refractivity contribution in [1.82, 2.24) is 0 Å². The van der Waals surface area contributed by atoms with E-state index in [1.54, 1.807) is 0 Å². The maximum Gasteiger partial charge on any atom is 0.342 e.